The first-order valence-electron chi connectivity index (χ1n) is 4.28. The van der Waals surface area contributed by atoms with E-state index in [9.17, 15) is 4.79 Å². The topological polar surface area (TPSA) is 48.0 Å². The van der Waals surface area contributed by atoms with E-state index in [0.717, 1.165) is 11.3 Å². The number of pyridine rings is 1. The van der Waals surface area contributed by atoms with Gasteiger partial charge in [-0.25, -0.2) is 0 Å². The van der Waals surface area contributed by atoms with Gasteiger partial charge in [0.15, 0.2) is 0 Å². The first-order valence-corrected chi connectivity index (χ1v) is 4.71. The van der Waals surface area contributed by atoms with Crippen LogP contribution in [0.3, 0.4) is 0 Å². The van der Waals surface area contributed by atoms with Crippen LogP contribution in [0.5, 0.6) is 0 Å². The number of nitrogens with two attached hydrogens (primary N) is 1. The summed E-state index contributed by atoms with van der Waals surface area (Å²) in [6, 6.07) is 3.08. The Hall–Kier alpha value is -1.22. The summed E-state index contributed by atoms with van der Waals surface area (Å²) in [7, 11) is 0. The van der Waals surface area contributed by atoms with E-state index in [0.29, 0.717) is 12.2 Å². The lowest BCUT2D eigenvalue weighted by molar-refractivity contribution is 0.722. The molecule has 0 bridgehead atoms. The normalized spacial score (nSPS) is 11.8. The number of rotatable bonds is 2. The van der Waals surface area contributed by atoms with Gasteiger partial charge in [0, 0.05) is 23.8 Å². The Labute approximate surface area is 87.8 Å². The number of hydrogen-bond acceptors (Lipinski definition) is 2. The molecule has 4 heteroatoms. The Morgan fingerprint density at radius 3 is 2.86 bits per heavy atom. The van der Waals surface area contributed by atoms with Gasteiger partial charge >= 0.3 is 0 Å². The lowest BCUT2D eigenvalue weighted by atomic mass is 10.2. The summed E-state index contributed by atoms with van der Waals surface area (Å²) in [5.41, 5.74) is 9.41. The van der Waals surface area contributed by atoms with E-state index < -0.39 is 0 Å². The molecule has 0 aliphatic rings. The first-order chi connectivity index (χ1) is 6.56. The maximum atomic E-state index is 11.5. The molecule has 0 radical (unpaired) electrons. The van der Waals surface area contributed by atoms with E-state index in [1.54, 1.807) is 10.6 Å². The Morgan fingerprint density at radius 2 is 2.29 bits per heavy atom. The standard InChI is InChI=1S/C10H13ClN2O/c1-7(5-11)6-13-8(2)9(12)3-4-10(13)14/h3-5H,6,12H2,1-2H3/b7-5-. The summed E-state index contributed by atoms with van der Waals surface area (Å²) in [5.74, 6) is 0. The van der Waals surface area contributed by atoms with Crippen molar-refractivity contribution in [2.45, 2.75) is 20.4 Å². The van der Waals surface area contributed by atoms with Crippen molar-refractivity contribution in [3.63, 3.8) is 0 Å². The predicted molar refractivity (Wildman–Crippen MR) is 59.5 cm³/mol. The van der Waals surface area contributed by atoms with Crippen LogP contribution >= 0.6 is 11.6 Å². The van der Waals surface area contributed by atoms with Gasteiger partial charge in [-0.1, -0.05) is 11.6 Å². The highest BCUT2D eigenvalue weighted by Crippen LogP contribution is 2.08. The molecule has 0 amide bonds. The van der Waals surface area contributed by atoms with Crippen molar-refractivity contribution < 1.29 is 0 Å². The molecule has 0 saturated carbocycles. The number of aromatic nitrogens is 1. The fraction of sp³-hybridized carbons (Fsp3) is 0.300. The van der Waals surface area contributed by atoms with E-state index in [1.807, 2.05) is 13.8 Å². The Kier molecular flexibility index (Phi) is 3.36. The second-order valence-electron chi connectivity index (χ2n) is 3.25. The molecular formula is C10H13ClN2O. The van der Waals surface area contributed by atoms with Crippen LogP contribution in [0.4, 0.5) is 5.69 Å². The van der Waals surface area contributed by atoms with Gasteiger partial charge in [0.25, 0.3) is 5.56 Å². The molecule has 0 atom stereocenters. The zero-order valence-electron chi connectivity index (χ0n) is 8.25. The fourth-order valence-electron chi connectivity index (χ4n) is 1.17. The van der Waals surface area contributed by atoms with Crippen LogP contribution in [0.25, 0.3) is 0 Å². The van der Waals surface area contributed by atoms with Crippen molar-refractivity contribution in [2.24, 2.45) is 0 Å². The average molecular weight is 213 g/mol. The van der Waals surface area contributed by atoms with E-state index in [1.165, 1.54) is 11.6 Å². The summed E-state index contributed by atoms with van der Waals surface area (Å²) in [6.45, 7) is 4.17. The van der Waals surface area contributed by atoms with Crippen LogP contribution in [-0.2, 0) is 6.54 Å². The van der Waals surface area contributed by atoms with Crippen molar-refractivity contribution in [2.75, 3.05) is 5.73 Å². The van der Waals surface area contributed by atoms with Crippen LogP contribution in [0.15, 0.2) is 28.0 Å². The lowest BCUT2D eigenvalue weighted by Gasteiger charge is -2.11. The monoisotopic (exact) mass is 212 g/mol. The lowest BCUT2D eigenvalue weighted by Crippen LogP contribution is -2.22. The van der Waals surface area contributed by atoms with Crippen molar-refractivity contribution >= 4 is 17.3 Å². The van der Waals surface area contributed by atoms with Gasteiger partial charge < -0.3 is 10.3 Å². The molecule has 1 aromatic heterocycles. The zero-order chi connectivity index (χ0) is 10.7. The van der Waals surface area contributed by atoms with Gasteiger partial charge in [0.05, 0.1) is 5.69 Å². The molecule has 0 fully saturated rings. The zero-order valence-corrected chi connectivity index (χ0v) is 9.01. The largest absolute Gasteiger partial charge is 0.397 e. The maximum absolute atomic E-state index is 11.5. The molecule has 2 N–H and O–H groups in total. The summed E-state index contributed by atoms with van der Waals surface area (Å²) in [6.07, 6.45) is 0. The summed E-state index contributed by atoms with van der Waals surface area (Å²) in [5, 5.41) is 0. The minimum Gasteiger partial charge on any atom is -0.397 e. The number of allylic oxidation sites excluding steroid dienone is 1. The van der Waals surface area contributed by atoms with Crippen molar-refractivity contribution in [1.82, 2.24) is 4.57 Å². The molecule has 0 aliphatic carbocycles. The molecule has 1 heterocycles. The van der Waals surface area contributed by atoms with E-state index in [4.69, 9.17) is 17.3 Å². The minimum atomic E-state index is -0.0606. The number of halogens is 1. The first kappa shape index (κ1) is 10.9. The second-order valence-corrected chi connectivity index (χ2v) is 3.47. The third-order valence-electron chi connectivity index (χ3n) is 2.09. The molecular weight excluding hydrogens is 200 g/mol. The predicted octanol–water partition coefficient (Wildman–Crippen LogP) is 1.88. The maximum Gasteiger partial charge on any atom is 0.251 e. The third-order valence-corrected chi connectivity index (χ3v) is 2.46. The van der Waals surface area contributed by atoms with Crippen LogP contribution in [0.2, 0.25) is 0 Å². The molecule has 0 saturated heterocycles. The number of anilines is 1. The summed E-state index contributed by atoms with van der Waals surface area (Å²) >= 11 is 5.54. The molecule has 0 aromatic carbocycles. The van der Waals surface area contributed by atoms with E-state index in [-0.39, 0.29) is 5.56 Å². The number of nitrogens with zero attached hydrogens (tertiary/aromatic N) is 1. The minimum absolute atomic E-state index is 0.0606. The van der Waals surface area contributed by atoms with E-state index >= 15 is 0 Å². The van der Waals surface area contributed by atoms with Gasteiger partial charge in [0.2, 0.25) is 0 Å². The van der Waals surface area contributed by atoms with Crippen molar-refractivity contribution in [3.05, 3.63) is 39.3 Å². The van der Waals surface area contributed by atoms with E-state index in [2.05, 4.69) is 0 Å². The molecule has 0 aliphatic heterocycles. The molecule has 1 aromatic rings. The highest BCUT2D eigenvalue weighted by atomic mass is 35.5. The van der Waals surface area contributed by atoms with Gasteiger partial charge in [-0.15, -0.1) is 0 Å². The summed E-state index contributed by atoms with van der Waals surface area (Å²) < 4.78 is 1.60. The Morgan fingerprint density at radius 1 is 1.64 bits per heavy atom. The molecule has 0 spiro atoms. The number of nitrogen functional groups attached to an aromatic ring is 1. The van der Waals surface area contributed by atoms with Crippen LogP contribution in [0, 0.1) is 6.92 Å². The average Bonchev–Trinajstić information content (AvgIpc) is 2.18. The summed E-state index contributed by atoms with van der Waals surface area (Å²) in [4.78, 5) is 11.5. The van der Waals surface area contributed by atoms with Crippen molar-refractivity contribution in [1.29, 1.82) is 0 Å². The molecule has 1 rings (SSSR count). The third kappa shape index (κ3) is 2.17. The number of hydrogen-bond donors (Lipinski definition) is 1. The molecule has 0 unspecified atom stereocenters. The Bertz CT molecular complexity index is 421. The SMILES string of the molecule is C/C(=C/Cl)Cn1c(C)c(N)ccc1=O. The smallest absolute Gasteiger partial charge is 0.251 e. The highest BCUT2D eigenvalue weighted by molar-refractivity contribution is 6.25. The van der Waals surface area contributed by atoms with Crippen molar-refractivity contribution in [3.8, 4) is 0 Å². The van der Waals surface area contributed by atoms with Gasteiger partial charge in [-0.3, -0.25) is 4.79 Å². The molecule has 76 valence electrons. The van der Waals surface area contributed by atoms with Crippen LogP contribution < -0.4 is 11.3 Å². The Balaban J connectivity index is 3.20. The van der Waals surface area contributed by atoms with Gasteiger partial charge in [-0.05, 0) is 25.5 Å². The second kappa shape index (κ2) is 4.33. The van der Waals surface area contributed by atoms with Gasteiger partial charge in [-0.2, -0.15) is 0 Å². The van der Waals surface area contributed by atoms with Crippen LogP contribution in [-0.4, -0.2) is 4.57 Å². The highest BCUT2D eigenvalue weighted by Gasteiger charge is 2.03. The fourth-order valence-corrected chi connectivity index (χ4v) is 1.24. The molecule has 3 nitrogen and oxygen atoms in total. The van der Waals surface area contributed by atoms with Gasteiger partial charge in [0.1, 0.15) is 0 Å². The molecule has 14 heavy (non-hydrogen) atoms. The quantitative estimate of drug-likeness (QED) is 0.814. The van der Waals surface area contributed by atoms with Crippen LogP contribution in [0.1, 0.15) is 12.6 Å².